The normalized spacial score (nSPS) is 15.8. The fourth-order valence-electron chi connectivity index (χ4n) is 2.76. The van der Waals surface area contributed by atoms with E-state index in [1.165, 1.54) is 0 Å². The maximum absolute atomic E-state index is 12.1. The number of aryl methyl sites for hydroxylation is 1. The molecular weight excluding hydrogens is 334 g/mol. The molecule has 1 aromatic carbocycles. The maximum Gasteiger partial charge on any atom is 0.266 e. The predicted octanol–water partition coefficient (Wildman–Crippen LogP) is 1.16. The zero-order valence-corrected chi connectivity index (χ0v) is 15.0. The lowest BCUT2D eigenvalue weighted by molar-refractivity contribution is -0.129. The molecule has 1 aliphatic rings. The van der Waals surface area contributed by atoms with E-state index in [4.69, 9.17) is 4.52 Å². The van der Waals surface area contributed by atoms with Crippen LogP contribution in [0.5, 0.6) is 0 Å². The van der Waals surface area contributed by atoms with E-state index in [-0.39, 0.29) is 30.8 Å². The third-order valence-electron chi connectivity index (χ3n) is 4.44. The SMILES string of the molecule is C[C@H](NC(=O)CCc1nc(N2CCN(C)C(=O)C2)no1)c1ccccc1. The van der Waals surface area contributed by atoms with Gasteiger partial charge in [0.15, 0.2) is 0 Å². The predicted molar refractivity (Wildman–Crippen MR) is 95.5 cm³/mol. The molecule has 0 radical (unpaired) electrons. The summed E-state index contributed by atoms with van der Waals surface area (Å²) in [6, 6.07) is 9.73. The second-order valence-electron chi connectivity index (χ2n) is 6.42. The molecule has 3 rings (SSSR count). The number of hydrogen-bond donors (Lipinski definition) is 1. The second-order valence-corrected chi connectivity index (χ2v) is 6.42. The monoisotopic (exact) mass is 357 g/mol. The Hall–Kier alpha value is -2.90. The van der Waals surface area contributed by atoms with Gasteiger partial charge in [0.2, 0.25) is 17.7 Å². The van der Waals surface area contributed by atoms with Crippen LogP contribution in [0.4, 0.5) is 5.95 Å². The van der Waals surface area contributed by atoms with Gasteiger partial charge in [0.05, 0.1) is 6.04 Å². The number of hydrogen-bond acceptors (Lipinski definition) is 6. The van der Waals surface area contributed by atoms with Crippen LogP contribution in [-0.4, -0.2) is 53.5 Å². The van der Waals surface area contributed by atoms with Gasteiger partial charge < -0.3 is 19.6 Å². The van der Waals surface area contributed by atoms with Crippen molar-refractivity contribution in [2.24, 2.45) is 0 Å². The minimum atomic E-state index is -0.0733. The summed E-state index contributed by atoms with van der Waals surface area (Å²) in [6.07, 6.45) is 0.627. The number of amides is 2. The second kappa shape index (κ2) is 7.99. The third kappa shape index (κ3) is 4.38. The molecule has 1 saturated heterocycles. The van der Waals surface area contributed by atoms with Crippen molar-refractivity contribution in [3.05, 3.63) is 41.8 Å². The number of nitrogens with zero attached hydrogens (tertiary/aromatic N) is 4. The molecule has 1 N–H and O–H groups in total. The molecule has 0 spiro atoms. The summed E-state index contributed by atoms with van der Waals surface area (Å²) in [7, 11) is 1.77. The lowest BCUT2D eigenvalue weighted by Gasteiger charge is -2.30. The van der Waals surface area contributed by atoms with Gasteiger partial charge in [-0.1, -0.05) is 30.3 Å². The van der Waals surface area contributed by atoms with E-state index < -0.39 is 0 Å². The van der Waals surface area contributed by atoms with Gasteiger partial charge in [-0.3, -0.25) is 9.59 Å². The standard InChI is InChI=1S/C18H23N5O3/c1-13(14-6-4-3-5-7-14)19-15(24)8-9-16-20-18(21-26-16)23-11-10-22(2)17(25)12-23/h3-7,13H,8-12H2,1-2H3,(H,19,24)/t13-/m0/s1. The molecule has 2 heterocycles. The summed E-state index contributed by atoms with van der Waals surface area (Å²) in [4.78, 5) is 31.7. The van der Waals surface area contributed by atoms with E-state index >= 15 is 0 Å². The molecule has 1 atom stereocenters. The number of carbonyl (C=O) groups is 2. The highest BCUT2D eigenvalue weighted by molar-refractivity contribution is 5.81. The maximum atomic E-state index is 12.1. The van der Waals surface area contributed by atoms with E-state index in [9.17, 15) is 9.59 Å². The molecule has 2 amide bonds. The van der Waals surface area contributed by atoms with Crippen LogP contribution in [0.3, 0.4) is 0 Å². The van der Waals surface area contributed by atoms with E-state index in [0.717, 1.165) is 5.56 Å². The first kappa shape index (κ1) is 17.9. The first-order valence-corrected chi connectivity index (χ1v) is 8.68. The summed E-state index contributed by atoms with van der Waals surface area (Å²) in [5.74, 6) is 0.751. The number of piperazine rings is 1. The number of rotatable bonds is 6. The van der Waals surface area contributed by atoms with Gasteiger partial charge in [-0.2, -0.15) is 4.98 Å². The summed E-state index contributed by atoms with van der Waals surface area (Å²) in [6.45, 7) is 3.48. The topological polar surface area (TPSA) is 91.6 Å². The average molecular weight is 357 g/mol. The van der Waals surface area contributed by atoms with E-state index in [1.54, 1.807) is 16.8 Å². The van der Waals surface area contributed by atoms with Gasteiger partial charge in [0, 0.05) is 33.0 Å². The Morgan fingerprint density at radius 3 is 2.81 bits per heavy atom. The lowest BCUT2D eigenvalue weighted by atomic mass is 10.1. The summed E-state index contributed by atoms with van der Waals surface area (Å²) in [5.41, 5.74) is 1.06. The Morgan fingerprint density at radius 1 is 1.31 bits per heavy atom. The van der Waals surface area contributed by atoms with Crippen LogP contribution in [0.2, 0.25) is 0 Å². The van der Waals surface area contributed by atoms with Gasteiger partial charge >= 0.3 is 0 Å². The van der Waals surface area contributed by atoms with Crippen LogP contribution in [0, 0.1) is 0 Å². The minimum absolute atomic E-state index is 0.0249. The first-order valence-electron chi connectivity index (χ1n) is 8.68. The van der Waals surface area contributed by atoms with Crippen LogP contribution in [0.25, 0.3) is 0 Å². The van der Waals surface area contributed by atoms with Crippen molar-refractivity contribution in [2.75, 3.05) is 31.6 Å². The first-order chi connectivity index (χ1) is 12.5. The zero-order chi connectivity index (χ0) is 18.5. The van der Waals surface area contributed by atoms with Crippen molar-refractivity contribution in [1.82, 2.24) is 20.4 Å². The van der Waals surface area contributed by atoms with Crippen LogP contribution >= 0.6 is 0 Å². The third-order valence-corrected chi connectivity index (χ3v) is 4.44. The molecular formula is C18H23N5O3. The molecule has 0 saturated carbocycles. The molecule has 2 aromatic rings. The Bertz CT molecular complexity index is 761. The number of likely N-dealkylation sites (N-methyl/N-ethyl adjacent to an activating group) is 1. The van der Waals surface area contributed by atoms with Crippen LogP contribution in [0.1, 0.15) is 30.8 Å². The van der Waals surface area contributed by atoms with Crippen molar-refractivity contribution in [3.63, 3.8) is 0 Å². The number of nitrogens with one attached hydrogen (secondary N) is 1. The van der Waals surface area contributed by atoms with Gasteiger partial charge in [-0.05, 0) is 17.6 Å². The average Bonchev–Trinajstić information content (AvgIpc) is 3.12. The van der Waals surface area contributed by atoms with Crippen molar-refractivity contribution >= 4 is 17.8 Å². The van der Waals surface area contributed by atoms with Crippen LogP contribution in [-0.2, 0) is 16.0 Å². The Labute approximate surface area is 152 Å². The zero-order valence-electron chi connectivity index (χ0n) is 15.0. The number of carbonyl (C=O) groups excluding carboxylic acids is 2. The van der Waals surface area contributed by atoms with E-state index in [0.29, 0.717) is 31.3 Å². The van der Waals surface area contributed by atoms with Gasteiger partial charge in [0.1, 0.15) is 6.54 Å². The molecule has 1 fully saturated rings. The largest absolute Gasteiger partial charge is 0.350 e. The summed E-state index contributed by atoms with van der Waals surface area (Å²) < 4.78 is 5.21. The molecule has 26 heavy (non-hydrogen) atoms. The Balaban J connectivity index is 1.49. The quantitative estimate of drug-likeness (QED) is 0.834. The van der Waals surface area contributed by atoms with E-state index in [1.807, 2.05) is 37.3 Å². The molecule has 8 heteroatoms. The lowest BCUT2D eigenvalue weighted by Crippen LogP contribution is -2.48. The highest BCUT2D eigenvalue weighted by Crippen LogP contribution is 2.14. The number of anilines is 1. The van der Waals surface area contributed by atoms with Crippen molar-refractivity contribution in [3.8, 4) is 0 Å². The Kier molecular flexibility index (Phi) is 5.50. The Morgan fingerprint density at radius 2 is 2.08 bits per heavy atom. The molecule has 138 valence electrons. The van der Waals surface area contributed by atoms with Crippen LogP contribution < -0.4 is 10.2 Å². The van der Waals surface area contributed by atoms with Gasteiger partial charge in [-0.15, -0.1) is 0 Å². The number of aromatic nitrogens is 2. The molecule has 0 aliphatic carbocycles. The van der Waals surface area contributed by atoms with Crippen molar-refractivity contribution < 1.29 is 14.1 Å². The highest BCUT2D eigenvalue weighted by Gasteiger charge is 2.24. The molecule has 0 bridgehead atoms. The fraction of sp³-hybridized carbons (Fsp3) is 0.444. The highest BCUT2D eigenvalue weighted by atomic mass is 16.5. The smallest absolute Gasteiger partial charge is 0.266 e. The summed E-state index contributed by atoms with van der Waals surface area (Å²) >= 11 is 0. The molecule has 1 aliphatic heterocycles. The number of benzene rings is 1. The molecule has 1 aromatic heterocycles. The molecule has 0 unspecified atom stereocenters. The fourth-order valence-corrected chi connectivity index (χ4v) is 2.76. The minimum Gasteiger partial charge on any atom is -0.350 e. The van der Waals surface area contributed by atoms with E-state index in [2.05, 4.69) is 15.5 Å². The van der Waals surface area contributed by atoms with Gasteiger partial charge in [-0.25, -0.2) is 0 Å². The van der Waals surface area contributed by atoms with Gasteiger partial charge in [0.25, 0.3) is 5.95 Å². The van der Waals surface area contributed by atoms with Crippen molar-refractivity contribution in [1.29, 1.82) is 0 Å². The van der Waals surface area contributed by atoms with Crippen LogP contribution in [0.15, 0.2) is 34.9 Å². The molecule has 8 nitrogen and oxygen atoms in total. The van der Waals surface area contributed by atoms with Crippen molar-refractivity contribution in [2.45, 2.75) is 25.8 Å². The summed E-state index contributed by atoms with van der Waals surface area (Å²) in [5, 5.41) is 6.88.